The summed E-state index contributed by atoms with van der Waals surface area (Å²) in [6.45, 7) is 12.8. The summed E-state index contributed by atoms with van der Waals surface area (Å²) < 4.78 is 17.8. The molecule has 1 amide bonds. The Morgan fingerprint density at radius 2 is 1.48 bits per heavy atom. The Bertz CT molecular complexity index is 497. The summed E-state index contributed by atoms with van der Waals surface area (Å²) in [5.74, 6) is -0.0580. The van der Waals surface area contributed by atoms with Crippen molar-refractivity contribution in [2.45, 2.75) is 41.5 Å². The van der Waals surface area contributed by atoms with Gasteiger partial charge in [-0.05, 0) is 26.8 Å². The molecule has 0 radical (unpaired) electrons. The van der Waals surface area contributed by atoms with Crippen molar-refractivity contribution in [1.29, 1.82) is 0 Å². The summed E-state index contributed by atoms with van der Waals surface area (Å²) in [6, 6.07) is 7.55. The van der Waals surface area contributed by atoms with Crippen LogP contribution in [0.1, 0.15) is 41.5 Å². The molecule has 5 nitrogen and oxygen atoms in total. The molecule has 1 aromatic rings. The molecule has 0 saturated heterocycles. The molecule has 0 unspecified atom stereocenters. The van der Waals surface area contributed by atoms with Gasteiger partial charge < -0.3 is 18.6 Å². The number of benzene rings is 1. The van der Waals surface area contributed by atoms with E-state index in [0.29, 0.717) is 25.5 Å². The van der Waals surface area contributed by atoms with Crippen LogP contribution in [0, 0.1) is 5.41 Å². The minimum atomic E-state index is -3.06. The monoisotopic (exact) mass is 339 g/mol. The third kappa shape index (κ3) is 5.14. The van der Waals surface area contributed by atoms with Crippen LogP contribution in [0.25, 0.3) is 0 Å². The smallest absolute Gasteiger partial charge is 0.370 e. The standard InChI is InChI=1S/C17H29NO4Si/c1-7-20-23(21-8-2,22-9-3)15-13-11-10-12-14(15)18-16(19)17(4,5)6/h10-13H,7-9H2,1-6H3,(H,18,19). The second-order valence-corrected chi connectivity index (χ2v) is 8.62. The van der Waals surface area contributed by atoms with Crippen LogP contribution >= 0.6 is 0 Å². The molecule has 6 heteroatoms. The highest BCUT2D eigenvalue weighted by molar-refractivity contribution is 6.76. The molecule has 1 rings (SSSR count). The third-order valence-corrected chi connectivity index (χ3v) is 6.29. The molecule has 130 valence electrons. The van der Waals surface area contributed by atoms with Crippen molar-refractivity contribution >= 4 is 25.6 Å². The van der Waals surface area contributed by atoms with Crippen molar-refractivity contribution in [3.8, 4) is 0 Å². The topological polar surface area (TPSA) is 56.8 Å². The predicted octanol–water partition coefficient (Wildman–Crippen LogP) is 2.93. The second kappa shape index (κ2) is 8.59. The van der Waals surface area contributed by atoms with Gasteiger partial charge in [-0.2, -0.15) is 0 Å². The molecule has 1 aromatic carbocycles. The van der Waals surface area contributed by atoms with Gasteiger partial charge in [-0.15, -0.1) is 0 Å². The molecule has 23 heavy (non-hydrogen) atoms. The zero-order chi connectivity index (χ0) is 17.5. The highest BCUT2D eigenvalue weighted by Gasteiger charge is 2.45. The van der Waals surface area contributed by atoms with E-state index in [-0.39, 0.29) is 5.91 Å². The minimum Gasteiger partial charge on any atom is -0.370 e. The quantitative estimate of drug-likeness (QED) is 0.740. The van der Waals surface area contributed by atoms with Crippen molar-refractivity contribution in [3.63, 3.8) is 0 Å². The van der Waals surface area contributed by atoms with Crippen LogP contribution in [-0.4, -0.2) is 34.5 Å². The van der Waals surface area contributed by atoms with E-state index in [4.69, 9.17) is 13.3 Å². The molecule has 1 N–H and O–H groups in total. The number of para-hydroxylation sites is 1. The van der Waals surface area contributed by atoms with Crippen LogP contribution in [0.15, 0.2) is 24.3 Å². The minimum absolute atomic E-state index is 0.0580. The Morgan fingerprint density at radius 1 is 1.00 bits per heavy atom. The van der Waals surface area contributed by atoms with Gasteiger partial charge in [0.1, 0.15) is 0 Å². The van der Waals surface area contributed by atoms with E-state index in [0.717, 1.165) is 5.19 Å². The van der Waals surface area contributed by atoms with Gasteiger partial charge in [0.2, 0.25) is 5.91 Å². The van der Waals surface area contributed by atoms with Gasteiger partial charge >= 0.3 is 8.80 Å². The van der Waals surface area contributed by atoms with Crippen LogP contribution < -0.4 is 10.5 Å². The van der Waals surface area contributed by atoms with Crippen LogP contribution in [0.3, 0.4) is 0 Å². The summed E-state index contributed by atoms with van der Waals surface area (Å²) in [6.07, 6.45) is 0. The first-order valence-corrected chi connectivity index (χ1v) is 9.86. The molecular weight excluding hydrogens is 310 g/mol. The summed E-state index contributed by atoms with van der Waals surface area (Å²) in [5, 5.41) is 3.78. The van der Waals surface area contributed by atoms with E-state index in [9.17, 15) is 4.79 Å². The number of carbonyl (C=O) groups excluding carboxylic acids is 1. The number of hydrogen-bond donors (Lipinski definition) is 1. The first-order chi connectivity index (χ1) is 10.8. The molecule has 0 aliphatic heterocycles. The molecule has 0 spiro atoms. The van der Waals surface area contributed by atoms with E-state index in [1.54, 1.807) is 0 Å². The first kappa shape index (κ1) is 19.8. The predicted molar refractivity (Wildman–Crippen MR) is 94.8 cm³/mol. The van der Waals surface area contributed by atoms with Crippen LogP contribution in [0.5, 0.6) is 0 Å². The number of anilines is 1. The Hall–Kier alpha value is -1.21. The van der Waals surface area contributed by atoms with E-state index in [1.165, 1.54) is 0 Å². The zero-order valence-electron chi connectivity index (χ0n) is 15.1. The van der Waals surface area contributed by atoms with E-state index >= 15 is 0 Å². The van der Waals surface area contributed by atoms with Crippen molar-refractivity contribution < 1.29 is 18.1 Å². The maximum absolute atomic E-state index is 12.4. The molecule has 0 fully saturated rings. The van der Waals surface area contributed by atoms with Crippen LogP contribution in [-0.2, 0) is 18.1 Å². The fourth-order valence-corrected chi connectivity index (χ4v) is 4.73. The van der Waals surface area contributed by atoms with Crippen molar-refractivity contribution in [3.05, 3.63) is 24.3 Å². The fraction of sp³-hybridized carbons (Fsp3) is 0.588. The number of rotatable bonds is 8. The van der Waals surface area contributed by atoms with Gasteiger partial charge in [0.05, 0.1) is 0 Å². The normalized spacial score (nSPS) is 12.3. The number of amides is 1. The van der Waals surface area contributed by atoms with Gasteiger partial charge in [-0.3, -0.25) is 4.79 Å². The van der Waals surface area contributed by atoms with Gasteiger partial charge in [0.15, 0.2) is 0 Å². The second-order valence-electron chi connectivity index (χ2n) is 6.10. The first-order valence-electron chi connectivity index (χ1n) is 8.13. The van der Waals surface area contributed by atoms with Crippen LogP contribution in [0.2, 0.25) is 0 Å². The fourth-order valence-electron chi connectivity index (χ4n) is 2.10. The lowest BCUT2D eigenvalue weighted by atomic mass is 9.95. The Labute approximate surface area is 140 Å². The van der Waals surface area contributed by atoms with Gasteiger partial charge in [0.25, 0.3) is 0 Å². The molecule has 0 bridgehead atoms. The highest BCUT2D eigenvalue weighted by Crippen LogP contribution is 2.20. The number of hydrogen-bond acceptors (Lipinski definition) is 4. The van der Waals surface area contributed by atoms with Gasteiger partial charge in [-0.1, -0.05) is 39.0 Å². The maximum Gasteiger partial charge on any atom is 0.539 e. The highest BCUT2D eigenvalue weighted by atomic mass is 28.4. The summed E-state index contributed by atoms with van der Waals surface area (Å²) in [5.41, 5.74) is 0.203. The third-order valence-electron chi connectivity index (χ3n) is 3.19. The van der Waals surface area contributed by atoms with E-state index in [1.807, 2.05) is 65.8 Å². The molecule has 0 heterocycles. The lowest BCUT2D eigenvalue weighted by molar-refractivity contribution is -0.123. The summed E-state index contributed by atoms with van der Waals surface area (Å²) >= 11 is 0. The molecular formula is C17H29NO4Si. The van der Waals surface area contributed by atoms with Crippen molar-refractivity contribution in [2.75, 3.05) is 25.1 Å². The molecule has 0 aliphatic carbocycles. The molecule has 0 aromatic heterocycles. The van der Waals surface area contributed by atoms with Crippen molar-refractivity contribution in [1.82, 2.24) is 0 Å². The zero-order valence-corrected chi connectivity index (χ0v) is 16.1. The average molecular weight is 340 g/mol. The van der Waals surface area contributed by atoms with Gasteiger partial charge in [-0.25, -0.2) is 0 Å². The Kier molecular flexibility index (Phi) is 7.40. The van der Waals surface area contributed by atoms with Crippen molar-refractivity contribution in [2.24, 2.45) is 5.41 Å². The van der Waals surface area contributed by atoms with E-state index < -0.39 is 14.2 Å². The van der Waals surface area contributed by atoms with Crippen LogP contribution in [0.4, 0.5) is 5.69 Å². The molecule has 0 aliphatic rings. The van der Waals surface area contributed by atoms with Gasteiger partial charge in [0, 0.05) is 36.1 Å². The SMILES string of the molecule is CCO[Si](OCC)(OCC)c1ccccc1NC(=O)C(C)(C)C. The lowest BCUT2D eigenvalue weighted by Crippen LogP contribution is -2.57. The maximum atomic E-state index is 12.4. The number of nitrogens with one attached hydrogen (secondary N) is 1. The molecule has 0 saturated carbocycles. The molecule has 0 atom stereocenters. The largest absolute Gasteiger partial charge is 0.539 e. The summed E-state index contributed by atoms with van der Waals surface area (Å²) in [4.78, 5) is 12.4. The summed E-state index contributed by atoms with van der Waals surface area (Å²) in [7, 11) is -3.06. The lowest BCUT2D eigenvalue weighted by Gasteiger charge is -2.30. The Balaban J connectivity index is 3.29. The number of carbonyl (C=O) groups is 1. The average Bonchev–Trinajstić information content (AvgIpc) is 2.47. The van der Waals surface area contributed by atoms with E-state index in [2.05, 4.69) is 5.32 Å². The Morgan fingerprint density at radius 3 is 1.91 bits per heavy atom.